The zero-order valence-electron chi connectivity index (χ0n) is 11.4. The predicted octanol–water partition coefficient (Wildman–Crippen LogP) is -0.427. The Labute approximate surface area is 122 Å². The van der Waals surface area contributed by atoms with E-state index in [2.05, 4.69) is 4.98 Å². The fourth-order valence-corrected chi connectivity index (χ4v) is 3.44. The zero-order valence-corrected chi connectivity index (χ0v) is 12.2. The quantitative estimate of drug-likeness (QED) is 0.815. The summed E-state index contributed by atoms with van der Waals surface area (Å²) in [5.74, 6) is -0.470. The first-order chi connectivity index (χ1) is 9.79. The molecule has 3 atom stereocenters. The maximum atomic E-state index is 12.5. The maximum Gasteiger partial charge on any atom is 0.256 e. The van der Waals surface area contributed by atoms with Crippen LogP contribution in [0.4, 0.5) is 0 Å². The van der Waals surface area contributed by atoms with Crippen LogP contribution in [0, 0.1) is 5.92 Å². The molecule has 1 saturated carbocycles. The first-order valence-electron chi connectivity index (χ1n) is 6.57. The summed E-state index contributed by atoms with van der Waals surface area (Å²) in [5, 5.41) is -0.0868. The highest BCUT2D eigenvalue weighted by molar-refractivity contribution is 7.90. The average molecular weight is 309 g/mol. The molecule has 2 fully saturated rings. The van der Waals surface area contributed by atoms with Gasteiger partial charge in [-0.25, -0.2) is 13.4 Å². The van der Waals surface area contributed by atoms with Crippen LogP contribution in [-0.4, -0.2) is 48.5 Å². The van der Waals surface area contributed by atoms with E-state index in [0.717, 1.165) is 12.7 Å². The number of piperidine rings is 1. The number of pyridine rings is 1. The van der Waals surface area contributed by atoms with Crippen molar-refractivity contribution in [1.82, 2.24) is 9.88 Å². The topological polar surface area (TPSA) is 110 Å². The third-order valence-electron chi connectivity index (χ3n) is 4.03. The number of amides is 2. The standard InChI is InChI=1S/C13H15N3O4S/c1-21(19,20)11-3-2-7(6-15-11)13(18)16-9-4-8(9)5-10(16)12(14)17/h2-3,6,8-10H,4-5H2,1H3,(H2,14,17). The minimum Gasteiger partial charge on any atom is -0.368 e. The Hall–Kier alpha value is -1.96. The van der Waals surface area contributed by atoms with Gasteiger partial charge in [0, 0.05) is 18.5 Å². The molecule has 21 heavy (non-hydrogen) atoms. The number of likely N-dealkylation sites (tertiary alicyclic amines) is 1. The summed E-state index contributed by atoms with van der Waals surface area (Å²) >= 11 is 0. The van der Waals surface area contributed by atoms with Gasteiger partial charge in [0.2, 0.25) is 5.91 Å². The lowest BCUT2D eigenvalue weighted by atomic mass is 10.1. The summed E-state index contributed by atoms with van der Waals surface area (Å²) in [7, 11) is -3.40. The smallest absolute Gasteiger partial charge is 0.256 e. The Morgan fingerprint density at radius 1 is 1.33 bits per heavy atom. The van der Waals surface area contributed by atoms with Crippen molar-refractivity contribution in [2.45, 2.75) is 30.0 Å². The van der Waals surface area contributed by atoms with Crippen molar-refractivity contribution in [3.05, 3.63) is 23.9 Å². The van der Waals surface area contributed by atoms with Crippen LogP contribution in [0.1, 0.15) is 23.2 Å². The summed E-state index contributed by atoms with van der Waals surface area (Å²) in [5.41, 5.74) is 5.61. The number of carbonyl (C=O) groups excluding carboxylic acids is 2. The fraction of sp³-hybridized carbons (Fsp3) is 0.462. The molecule has 0 bridgehead atoms. The first kappa shape index (κ1) is 14.0. The van der Waals surface area contributed by atoms with Crippen molar-refractivity contribution in [3.8, 4) is 0 Å². The lowest BCUT2D eigenvalue weighted by molar-refractivity contribution is -0.122. The number of nitrogens with two attached hydrogens (primary N) is 1. The largest absolute Gasteiger partial charge is 0.368 e. The molecule has 2 heterocycles. The number of aromatic nitrogens is 1. The summed E-state index contributed by atoms with van der Waals surface area (Å²) in [6.45, 7) is 0. The van der Waals surface area contributed by atoms with Crippen LogP contribution >= 0.6 is 0 Å². The number of rotatable bonds is 3. The number of primary amides is 1. The van der Waals surface area contributed by atoms with E-state index >= 15 is 0 Å². The summed E-state index contributed by atoms with van der Waals surface area (Å²) in [4.78, 5) is 29.2. The molecular weight excluding hydrogens is 294 g/mol. The van der Waals surface area contributed by atoms with Crippen molar-refractivity contribution < 1.29 is 18.0 Å². The summed E-state index contributed by atoms with van der Waals surface area (Å²) in [6.07, 6.45) is 3.78. The molecule has 1 aliphatic carbocycles. The molecule has 0 aromatic carbocycles. The molecule has 7 nitrogen and oxygen atoms in total. The van der Waals surface area contributed by atoms with Crippen molar-refractivity contribution in [2.75, 3.05) is 6.26 Å². The van der Waals surface area contributed by atoms with Crippen molar-refractivity contribution in [1.29, 1.82) is 0 Å². The number of sulfone groups is 1. The lowest BCUT2D eigenvalue weighted by Gasteiger charge is -2.25. The van der Waals surface area contributed by atoms with Crippen molar-refractivity contribution >= 4 is 21.7 Å². The Bertz CT molecular complexity index is 713. The molecule has 1 aromatic rings. The lowest BCUT2D eigenvalue weighted by Crippen LogP contribution is -2.46. The number of hydrogen-bond donors (Lipinski definition) is 1. The molecule has 3 rings (SSSR count). The van der Waals surface area contributed by atoms with Crippen LogP contribution in [0.25, 0.3) is 0 Å². The highest BCUT2D eigenvalue weighted by atomic mass is 32.2. The van der Waals surface area contributed by atoms with E-state index in [1.807, 2.05) is 0 Å². The molecule has 2 amide bonds. The van der Waals surface area contributed by atoms with Crippen LogP contribution in [0.2, 0.25) is 0 Å². The monoisotopic (exact) mass is 309 g/mol. The molecular formula is C13H15N3O4S. The fourth-order valence-electron chi connectivity index (χ4n) is 2.88. The Morgan fingerprint density at radius 3 is 2.57 bits per heavy atom. The zero-order chi connectivity index (χ0) is 15.4. The Balaban J connectivity index is 1.86. The molecule has 3 unspecified atom stereocenters. The van der Waals surface area contributed by atoms with Crippen LogP contribution in [-0.2, 0) is 14.6 Å². The van der Waals surface area contributed by atoms with E-state index in [4.69, 9.17) is 5.73 Å². The van der Waals surface area contributed by atoms with Gasteiger partial charge >= 0.3 is 0 Å². The van der Waals surface area contributed by atoms with Crippen LogP contribution in [0.3, 0.4) is 0 Å². The van der Waals surface area contributed by atoms with E-state index < -0.39 is 21.8 Å². The number of fused-ring (bicyclic) bond motifs is 1. The molecule has 1 aliphatic heterocycles. The van der Waals surface area contributed by atoms with Gasteiger partial charge in [0.15, 0.2) is 14.9 Å². The summed E-state index contributed by atoms with van der Waals surface area (Å²) in [6, 6.07) is 2.21. The molecule has 1 saturated heterocycles. The first-order valence-corrected chi connectivity index (χ1v) is 8.46. The molecule has 2 aliphatic rings. The average Bonchev–Trinajstić information content (AvgIpc) is 3.08. The van der Waals surface area contributed by atoms with Gasteiger partial charge in [-0.2, -0.15) is 0 Å². The van der Waals surface area contributed by atoms with E-state index in [9.17, 15) is 18.0 Å². The Morgan fingerprint density at radius 2 is 2.05 bits per heavy atom. The van der Waals surface area contributed by atoms with Gasteiger partial charge in [-0.1, -0.05) is 0 Å². The molecule has 0 spiro atoms. The van der Waals surface area contributed by atoms with Crippen molar-refractivity contribution in [2.24, 2.45) is 11.7 Å². The number of nitrogens with zero attached hydrogens (tertiary/aromatic N) is 2. The van der Waals surface area contributed by atoms with Gasteiger partial charge in [-0.15, -0.1) is 0 Å². The molecule has 112 valence electrons. The van der Waals surface area contributed by atoms with Crippen LogP contribution in [0.5, 0.6) is 0 Å². The van der Waals surface area contributed by atoms with Gasteiger partial charge in [0.1, 0.15) is 6.04 Å². The van der Waals surface area contributed by atoms with Crippen LogP contribution < -0.4 is 5.73 Å². The second-order valence-corrected chi connectivity index (χ2v) is 7.55. The maximum absolute atomic E-state index is 12.5. The summed E-state index contributed by atoms with van der Waals surface area (Å²) < 4.78 is 22.7. The highest BCUT2D eigenvalue weighted by Gasteiger charge is 2.55. The van der Waals surface area contributed by atoms with E-state index in [-0.39, 0.29) is 22.5 Å². The van der Waals surface area contributed by atoms with Crippen molar-refractivity contribution in [3.63, 3.8) is 0 Å². The van der Waals surface area contributed by atoms with Gasteiger partial charge in [0.25, 0.3) is 5.91 Å². The third kappa shape index (κ3) is 2.39. The van der Waals surface area contributed by atoms with Gasteiger partial charge in [-0.05, 0) is 30.9 Å². The van der Waals surface area contributed by atoms with E-state index in [1.54, 1.807) is 0 Å². The van der Waals surface area contributed by atoms with Crippen LogP contribution in [0.15, 0.2) is 23.4 Å². The normalized spacial score (nSPS) is 27.3. The van der Waals surface area contributed by atoms with Gasteiger partial charge < -0.3 is 10.6 Å². The van der Waals surface area contributed by atoms with E-state index in [0.29, 0.717) is 12.3 Å². The molecule has 8 heteroatoms. The third-order valence-corrected chi connectivity index (χ3v) is 5.03. The minimum absolute atomic E-state index is 0.0737. The second kappa shape index (κ2) is 4.52. The molecule has 2 N–H and O–H groups in total. The molecule has 1 aromatic heterocycles. The van der Waals surface area contributed by atoms with E-state index in [1.165, 1.54) is 23.2 Å². The number of carbonyl (C=O) groups is 2. The predicted molar refractivity (Wildman–Crippen MR) is 73.0 cm³/mol. The Kier molecular flexibility index (Phi) is 3.01. The highest BCUT2D eigenvalue weighted by Crippen LogP contribution is 2.48. The second-order valence-electron chi connectivity index (χ2n) is 5.59. The SMILES string of the molecule is CS(=O)(=O)c1ccc(C(=O)N2C(C(N)=O)CC3CC32)cn1. The minimum atomic E-state index is -3.40. The van der Waals surface area contributed by atoms with Gasteiger partial charge in [0.05, 0.1) is 5.56 Å². The molecule has 0 radical (unpaired) electrons. The van der Waals surface area contributed by atoms with Gasteiger partial charge in [-0.3, -0.25) is 9.59 Å². The number of hydrogen-bond acceptors (Lipinski definition) is 5.